The van der Waals surface area contributed by atoms with E-state index in [2.05, 4.69) is 9.72 Å². The zero-order valence-electron chi connectivity index (χ0n) is 11.2. The zero-order valence-corrected chi connectivity index (χ0v) is 11.2. The van der Waals surface area contributed by atoms with Crippen molar-refractivity contribution in [1.29, 1.82) is 0 Å². The van der Waals surface area contributed by atoms with Crippen LogP contribution in [0.15, 0.2) is 36.9 Å². The molecule has 0 saturated heterocycles. The third kappa shape index (κ3) is 4.75. The number of hydrogen-bond donors (Lipinski definition) is 2. The number of pyridine rings is 1. The first kappa shape index (κ1) is 17.0. The Hall–Kier alpha value is -2.09. The Labute approximate surface area is 119 Å². The van der Waals surface area contributed by atoms with E-state index < -0.39 is 24.2 Å². The molecule has 5 nitrogen and oxygen atoms in total. The van der Waals surface area contributed by atoms with Crippen molar-refractivity contribution >= 4 is 5.91 Å². The lowest BCUT2D eigenvalue weighted by Gasteiger charge is -2.27. The number of alkyl halides is 3. The molecule has 116 valence electrons. The fraction of sp³-hybridized carbons (Fsp3) is 0.385. The molecule has 0 aliphatic rings. The molecule has 0 bridgehead atoms. The van der Waals surface area contributed by atoms with Crippen molar-refractivity contribution in [3.8, 4) is 0 Å². The van der Waals surface area contributed by atoms with E-state index in [9.17, 15) is 23.1 Å². The minimum Gasteiger partial charge on any atom is -0.502 e. The summed E-state index contributed by atoms with van der Waals surface area (Å²) in [6.45, 7) is 0.719. The molecule has 1 rings (SSSR count). The number of hydrogen-bond acceptors (Lipinski definition) is 4. The average Bonchev–Trinajstić information content (AvgIpc) is 2.45. The maximum absolute atomic E-state index is 12.9. The van der Waals surface area contributed by atoms with Crippen LogP contribution < -0.4 is 5.32 Å². The molecule has 1 heterocycles. The SMILES string of the molecule is CCO/C=C/[C@@](O)(CNC(=O)c1ccncc1)C(F)(F)F. The Balaban J connectivity index is 2.77. The molecule has 0 spiro atoms. The Morgan fingerprint density at radius 3 is 2.57 bits per heavy atom. The summed E-state index contributed by atoms with van der Waals surface area (Å²) >= 11 is 0. The normalized spacial score (nSPS) is 14.7. The first-order chi connectivity index (χ1) is 9.80. The lowest BCUT2D eigenvalue weighted by atomic mass is 10.0. The molecule has 8 heteroatoms. The van der Waals surface area contributed by atoms with Crippen molar-refractivity contribution in [2.75, 3.05) is 13.2 Å². The highest BCUT2D eigenvalue weighted by Crippen LogP contribution is 2.31. The maximum atomic E-state index is 12.9. The summed E-state index contributed by atoms with van der Waals surface area (Å²) in [7, 11) is 0. The number of rotatable bonds is 6. The molecule has 21 heavy (non-hydrogen) atoms. The summed E-state index contributed by atoms with van der Waals surface area (Å²) in [5, 5.41) is 11.7. The summed E-state index contributed by atoms with van der Waals surface area (Å²) < 4.78 is 43.3. The van der Waals surface area contributed by atoms with Gasteiger partial charge in [-0.2, -0.15) is 13.2 Å². The van der Waals surface area contributed by atoms with Gasteiger partial charge in [0.15, 0.2) is 5.60 Å². The minimum atomic E-state index is -4.95. The molecule has 2 N–H and O–H groups in total. The van der Waals surface area contributed by atoms with E-state index in [0.29, 0.717) is 6.08 Å². The molecular weight excluding hydrogens is 289 g/mol. The van der Waals surface area contributed by atoms with Crippen LogP contribution in [0.5, 0.6) is 0 Å². The van der Waals surface area contributed by atoms with Gasteiger partial charge in [0.25, 0.3) is 5.91 Å². The highest BCUT2D eigenvalue weighted by Gasteiger charge is 2.52. The van der Waals surface area contributed by atoms with Crippen LogP contribution in [0, 0.1) is 0 Å². The second kappa shape index (κ2) is 7.07. The van der Waals surface area contributed by atoms with Gasteiger partial charge in [-0.15, -0.1) is 0 Å². The van der Waals surface area contributed by atoms with Gasteiger partial charge in [-0.25, -0.2) is 0 Å². The van der Waals surface area contributed by atoms with Crippen LogP contribution in [0.4, 0.5) is 13.2 Å². The highest BCUT2D eigenvalue weighted by molar-refractivity contribution is 5.94. The van der Waals surface area contributed by atoms with Crippen LogP contribution in [0.1, 0.15) is 17.3 Å². The zero-order chi connectivity index (χ0) is 15.9. The van der Waals surface area contributed by atoms with E-state index >= 15 is 0 Å². The fourth-order valence-corrected chi connectivity index (χ4v) is 1.33. The number of nitrogens with one attached hydrogen (secondary N) is 1. The van der Waals surface area contributed by atoms with E-state index in [4.69, 9.17) is 0 Å². The smallest absolute Gasteiger partial charge is 0.422 e. The number of carbonyl (C=O) groups is 1. The van der Waals surface area contributed by atoms with Gasteiger partial charge in [0.2, 0.25) is 0 Å². The van der Waals surface area contributed by atoms with Crippen LogP contribution in [-0.4, -0.2) is 40.9 Å². The van der Waals surface area contributed by atoms with Gasteiger partial charge in [-0.1, -0.05) is 0 Å². The summed E-state index contributed by atoms with van der Waals surface area (Å²) in [5.74, 6) is -0.745. The first-order valence-corrected chi connectivity index (χ1v) is 6.07. The molecule has 1 amide bonds. The largest absolute Gasteiger partial charge is 0.502 e. The van der Waals surface area contributed by atoms with E-state index in [1.807, 2.05) is 5.32 Å². The van der Waals surface area contributed by atoms with E-state index in [1.54, 1.807) is 6.92 Å². The van der Waals surface area contributed by atoms with Crippen molar-refractivity contribution < 1.29 is 27.8 Å². The van der Waals surface area contributed by atoms with E-state index in [1.165, 1.54) is 24.5 Å². The molecule has 0 saturated carbocycles. The molecule has 0 radical (unpaired) electrons. The van der Waals surface area contributed by atoms with Gasteiger partial charge < -0.3 is 15.2 Å². The number of carbonyl (C=O) groups excluding carboxylic acids is 1. The monoisotopic (exact) mass is 304 g/mol. The Kier molecular flexibility index (Phi) is 5.71. The highest BCUT2D eigenvalue weighted by atomic mass is 19.4. The minimum absolute atomic E-state index is 0.142. The number of ether oxygens (including phenoxy) is 1. The predicted octanol–water partition coefficient (Wildman–Crippen LogP) is 1.66. The molecule has 0 aromatic carbocycles. The van der Waals surface area contributed by atoms with Crippen LogP contribution >= 0.6 is 0 Å². The average molecular weight is 304 g/mol. The number of amides is 1. The summed E-state index contributed by atoms with van der Waals surface area (Å²) in [5.41, 5.74) is -3.06. The second-order valence-corrected chi connectivity index (χ2v) is 4.10. The van der Waals surface area contributed by atoms with Crippen molar-refractivity contribution in [3.05, 3.63) is 42.4 Å². The van der Waals surface area contributed by atoms with Gasteiger partial charge in [0.1, 0.15) is 0 Å². The molecule has 1 aromatic rings. The fourth-order valence-electron chi connectivity index (χ4n) is 1.33. The number of halogens is 3. The first-order valence-electron chi connectivity index (χ1n) is 6.07. The lowest BCUT2D eigenvalue weighted by Crippen LogP contribution is -2.52. The summed E-state index contributed by atoms with van der Waals surface area (Å²) in [6, 6.07) is 2.69. The van der Waals surface area contributed by atoms with Crippen LogP contribution in [-0.2, 0) is 4.74 Å². The van der Waals surface area contributed by atoms with Gasteiger partial charge in [0, 0.05) is 18.0 Å². The second-order valence-electron chi connectivity index (χ2n) is 4.10. The summed E-state index contributed by atoms with van der Waals surface area (Å²) in [4.78, 5) is 15.4. The standard InChI is InChI=1S/C13H15F3N2O3/c1-2-21-8-5-12(20,13(14,15)16)9-18-11(19)10-3-6-17-7-4-10/h3-8,20H,2,9H2,1H3,(H,18,19)/b8-5+/t12-/m1/s1. The molecular formula is C13H15F3N2O3. The van der Waals surface area contributed by atoms with Crippen LogP contribution in [0.2, 0.25) is 0 Å². The van der Waals surface area contributed by atoms with Crippen molar-refractivity contribution in [2.45, 2.75) is 18.7 Å². The third-order valence-corrected chi connectivity index (χ3v) is 2.56. The van der Waals surface area contributed by atoms with Gasteiger partial charge >= 0.3 is 6.18 Å². The van der Waals surface area contributed by atoms with Crippen molar-refractivity contribution in [1.82, 2.24) is 10.3 Å². The maximum Gasteiger partial charge on any atom is 0.422 e. The van der Waals surface area contributed by atoms with Crippen LogP contribution in [0.25, 0.3) is 0 Å². The number of aromatic nitrogens is 1. The van der Waals surface area contributed by atoms with Crippen molar-refractivity contribution in [3.63, 3.8) is 0 Å². The Bertz CT molecular complexity index is 491. The Morgan fingerprint density at radius 2 is 2.05 bits per heavy atom. The van der Waals surface area contributed by atoms with Crippen LogP contribution in [0.3, 0.4) is 0 Å². The lowest BCUT2D eigenvalue weighted by molar-refractivity contribution is -0.237. The van der Waals surface area contributed by atoms with Gasteiger partial charge in [0.05, 0.1) is 19.4 Å². The molecule has 0 aliphatic heterocycles. The quantitative estimate of drug-likeness (QED) is 0.784. The Morgan fingerprint density at radius 1 is 1.43 bits per heavy atom. The van der Waals surface area contributed by atoms with E-state index in [-0.39, 0.29) is 12.2 Å². The molecule has 0 aliphatic carbocycles. The summed E-state index contributed by atoms with van der Waals surface area (Å²) in [6.07, 6.45) is -1.07. The molecule has 1 aromatic heterocycles. The van der Waals surface area contributed by atoms with Gasteiger partial charge in [-0.3, -0.25) is 9.78 Å². The molecule has 0 unspecified atom stereocenters. The molecule has 0 fully saturated rings. The van der Waals surface area contributed by atoms with Gasteiger partial charge in [-0.05, 0) is 25.1 Å². The molecule has 1 atom stereocenters. The van der Waals surface area contributed by atoms with Crippen molar-refractivity contribution in [2.24, 2.45) is 0 Å². The third-order valence-electron chi connectivity index (χ3n) is 2.56. The predicted molar refractivity (Wildman–Crippen MR) is 68.3 cm³/mol. The van der Waals surface area contributed by atoms with E-state index in [0.717, 1.165) is 6.26 Å². The number of aliphatic hydroxyl groups is 1. The number of nitrogens with zero attached hydrogens (tertiary/aromatic N) is 1. The topological polar surface area (TPSA) is 71.5 Å².